The number of amides is 1. The zero-order valence-electron chi connectivity index (χ0n) is 13.3. The highest BCUT2D eigenvalue weighted by Crippen LogP contribution is 2.27. The van der Waals surface area contributed by atoms with Crippen LogP contribution in [0.15, 0.2) is 18.2 Å². The van der Waals surface area contributed by atoms with Crippen molar-refractivity contribution in [3.05, 3.63) is 23.9 Å². The van der Waals surface area contributed by atoms with Crippen LogP contribution in [0, 0.1) is 0 Å². The van der Waals surface area contributed by atoms with E-state index in [1.807, 2.05) is 28.0 Å². The van der Waals surface area contributed by atoms with Gasteiger partial charge in [-0.15, -0.1) is 0 Å². The van der Waals surface area contributed by atoms with Gasteiger partial charge in [0.05, 0.1) is 12.6 Å². The van der Waals surface area contributed by atoms with E-state index in [0.29, 0.717) is 17.8 Å². The number of hydrogen-bond donors (Lipinski definition) is 2. The van der Waals surface area contributed by atoms with Crippen molar-refractivity contribution in [2.75, 3.05) is 25.1 Å². The van der Waals surface area contributed by atoms with Crippen LogP contribution in [0.4, 0.5) is 0 Å². The van der Waals surface area contributed by atoms with Gasteiger partial charge in [0.15, 0.2) is 5.69 Å². The third-order valence-electron chi connectivity index (χ3n) is 4.58. The molecule has 0 radical (unpaired) electrons. The molecule has 3 saturated heterocycles. The molecule has 3 aliphatic heterocycles. The van der Waals surface area contributed by atoms with E-state index in [4.69, 9.17) is 4.74 Å². The number of benzene rings is 1. The Morgan fingerprint density at radius 2 is 2.22 bits per heavy atom. The summed E-state index contributed by atoms with van der Waals surface area (Å²) in [5.41, 5.74) is 1.36. The number of nitrogens with one attached hydrogen (secondary N) is 2. The van der Waals surface area contributed by atoms with Gasteiger partial charge in [0.25, 0.3) is 5.91 Å². The second-order valence-electron chi connectivity index (χ2n) is 5.78. The summed E-state index contributed by atoms with van der Waals surface area (Å²) in [6.45, 7) is 1.67. The number of methoxy groups -OCH3 is 1. The summed E-state index contributed by atoms with van der Waals surface area (Å²) < 4.78 is 5.24. The molecular formula is C16H21IN4O2. The monoisotopic (exact) mass is 428 g/mol. The Balaban J connectivity index is 0.000000753. The summed E-state index contributed by atoms with van der Waals surface area (Å²) in [4.78, 5) is 16.8. The average Bonchev–Trinajstić information content (AvgIpc) is 3.06. The molecule has 4 heterocycles. The van der Waals surface area contributed by atoms with Gasteiger partial charge < -0.3 is 15.0 Å². The lowest BCUT2D eigenvalue weighted by molar-refractivity contribution is 0.0437. The summed E-state index contributed by atoms with van der Waals surface area (Å²) in [5.74, 6) is 0.755. The average molecular weight is 428 g/mol. The van der Waals surface area contributed by atoms with Crippen LogP contribution in [0.2, 0.25) is 0 Å². The quantitative estimate of drug-likeness (QED) is 0.569. The molecule has 5 rings (SSSR count). The number of rotatable bonds is 2. The molecule has 2 aromatic rings. The third kappa shape index (κ3) is 3.03. The number of halogens is 1. The molecule has 2 bridgehead atoms. The lowest BCUT2D eigenvalue weighted by Gasteiger charge is -2.45. The minimum atomic E-state index is 0.0192. The predicted molar refractivity (Wildman–Crippen MR) is 98.4 cm³/mol. The summed E-state index contributed by atoms with van der Waals surface area (Å²) in [6, 6.07) is 6.34. The molecule has 1 aromatic heterocycles. The molecule has 2 unspecified atom stereocenters. The van der Waals surface area contributed by atoms with Gasteiger partial charge in [-0.05, 0) is 36.0 Å². The maximum atomic E-state index is 12.8. The zero-order chi connectivity index (χ0) is 16.4. The number of alkyl halides is 1. The highest BCUT2D eigenvalue weighted by molar-refractivity contribution is 14.1. The molecule has 2 N–H and O–H groups in total. The number of piperazine rings is 1. The molecular weight excluding hydrogens is 407 g/mol. The number of carbonyl (C=O) groups is 1. The van der Waals surface area contributed by atoms with Crippen molar-refractivity contribution < 1.29 is 9.53 Å². The summed E-state index contributed by atoms with van der Waals surface area (Å²) in [5, 5.41) is 11.5. The van der Waals surface area contributed by atoms with E-state index in [0.717, 1.165) is 42.6 Å². The maximum Gasteiger partial charge on any atom is 0.275 e. The molecule has 2 atom stereocenters. The number of ether oxygens (including phenoxy) is 1. The SMILES string of the molecule is CI.COc1ccc2[nH]nc(C(=O)N3CC4CCC3CN4)c2c1. The third-order valence-corrected chi connectivity index (χ3v) is 4.58. The van der Waals surface area contributed by atoms with E-state index in [1.165, 1.54) is 0 Å². The molecule has 0 saturated carbocycles. The van der Waals surface area contributed by atoms with Crippen LogP contribution >= 0.6 is 22.6 Å². The number of fused-ring (bicyclic) bond motifs is 4. The first-order valence-corrected chi connectivity index (χ1v) is 9.86. The topological polar surface area (TPSA) is 70.2 Å². The van der Waals surface area contributed by atoms with Crippen molar-refractivity contribution in [2.45, 2.75) is 24.9 Å². The second-order valence-corrected chi connectivity index (χ2v) is 5.78. The van der Waals surface area contributed by atoms with E-state index in [2.05, 4.69) is 38.1 Å². The van der Waals surface area contributed by atoms with E-state index in [9.17, 15) is 4.79 Å². The Hall–Kier alpha value is -1.35. The lowest BCUT2D eigenvalue weighted by atomic mass is 9.92. The molecule has 3 fully saturated rings. The highest BCUT2D eigenvalue weighted by atomic mass is 127. The predicted octanol–water partition coefficient (Wildman–Crippen LogP) is 2.20. The van der Waals surface area contributed by atoms with Gasteiger partial charge in [-0.2, -0.15) is 5.10 Å². The highest BCUT2D eigenvalue weighted by Gasteiger charge is 2.37. The van der Waals surface area contributed by atoms with Crippen LogP contribution in [0.1, 0.15) is 23.3 Å². The number of aromatic nitrogens is 2. The molecule has 0 aliphatic carbocycles. The Morgan fingerprint density at radius 1 is 1.39 bits per heavy atom. The van der Waals surface area contributed by atoms with Gasteiger partial charge in [-0.3, -0.25) is 9.89 Å². The second kappa shape index (κ2) is 7.04. The number of hydrogen-bond acceptors (Lipinski definition) is 4. The Morgan fingerprint density at radius 3 is 2.83 bits per heavy atom. The number of aromatic amines is 1. The van der Waals surface area contributed by atoms with Gasteiger partial charge in [0.1, 0.15) is 5.75 Å². The Bertz CT molecular complexity index is 694. The van der Waals surface area contributed by atoms with Crippen molar-refractivity contribution >= 4 is 39.4 Å². The fourth-order valence-electron chi connectivity index (χ4n) is 3.38. The molecule has 7 heteroatoms. The van der Waals surface area contributed by atoms with Crippen LogP contribution < -0.4 is 10.1 Å². The van der Waals surface area contributed by atoms with Crippen LogP contribution in [0.5, 0.6) is 5.75 Å². The first-order chi connectivity index (χ1) is 11.3. The normalized spacial score (nSPS) is 22.7. The van der Waals surface area contributed by atoms with Gasteiger partial charge in [0, 0.05) is 30.6 Å². The molecule has 6 nitrogen and oxygen atoms in total. The van der Waals surface area contributed by atoms with Crippen molar-refractivity contribution in [2.24, 2.45) is 0 Å². The minimum absolute atomic E-state index is 0.0192. The molecule has 124 valence electrons. The summed E-state index contributed by atoms with van der Waals surface area (Å²) in [6.07, 6.45) is 2.23. The first kappa shape index (κ1) is 16.5. The molecule has 3 aliphatic rings. The van der Waals surface area contributed by atoms with Gasteiger partial charge >= 0.3 is 0 Å². The van der Waals surface area contributed by atoms with Crippen molar-refractivity contribution in [3.8, 4) is 5.75 Å². The summed E-state index contributed by atoms with van der Waals surface area (Å²) >= 11 is 2.15. The summed E-state index contributed by atoms with van der Waals surface area (Å²) in [7, 11) is 1.62. The van der Waals surface area contributed by atoms with Crippen LogP contribution in [-0.2, 0) is 0 Å². The number of nitrogens with zero attached hydrogens (tertiary/aromatic N) is 2. The zero-order valence-corrected chi connectivity index (χ0v) is 15.5. The van der Waals surface area contributed by atoms with E-state index >= 15 is 0 Å². The van der Waals surface area contributed by atoms with Crippen molar-refractivity contribution in [3.63, 3.8) is 0 Å². The number of carbonyl (C=O) groups excluding carboxylic acids is 1. The van der Waals surface area contributed by atoms with Gasteiger partial charge in [-0.1, -0.05) is 22.6 Å². The fourth-order valence-corrected chi connectivity index (χ4v) is 3.38. The first-order valence-electron chi connectivity index (χ1n) is 7.70. The Kier molecular flexibility index (Phi) is 5.05. The van der Waals surface area contributed by atoms with Crippen molar-refractivity contribution in [1.82, 2.24) is 20.4 Å². The smallest absolute Gasteiger partial charge is 0.275 e. The Labute approximate surface area is 149 Å². The largest absolute Gasteiger partial charge is 0.497 e. The van der Waals surface area contributed by atoms with Gasteiger partial charge in [-0.25, -0.2) is 0 Å². The molecule has 1 amide bonds. The number of piperidine rings is 2. The maximum absolute atomic E-state index is 12.8. The standard InChI is InChI=1S/C15H18N4O2.CH3I/c1-21-11-4-5-13-12(6-11)14(18-17-13)15(20)19-8-9-2-3-10(19)7-16-9;1-2/h4-6,9-10,16H,2-3,7-8H2,1H3,(H,17,18);1H3. The van der Waals surface area contributed by atoms with Crippen LogP contribution in [0.3, 0.4) is 0 Å². The molecule has 0 spiro atoms. The van der Waals surface area contributed by atoms with E-state index in [1.54, 1.807) is 7.11 Å². The lowest BCUT2D eigenvalue weighted by Crippen LogP contribution is -2.62. The van der Waals surface area contributed by atoms with Crippen molar-refractivity contribution in [1.29, 1.82) is 0 Å². The van der Waals surface area contributed by atoms with Crippen LogP contribution in [-0.4, -0.2) is 58.2 Å². The van der Waals surface area contributed by atoms with Gasteiger partial charge in [0.2, 0.25) is 0 Å². The van der Waals surface area contributed by atoms with E-state index < -0.39 is 0 Å². The number of H-pyrrole nitrogens is 1. The van der Waals surface area contributed by atoms with E-state index in [-0.39, 0.29) is 5.91 Å². The fraction of sp³-hybridized carbons (Fsp3) is 0.500. The molecule has 23 heavy (non-hydrogen) atoms. The minimum Gasteiger partial charge on any atom is -0.497 e. The van der Waals surface area contributed by atoms with Crippen LogP contribution in [0.25, 0.3) is 10.9 Å². The molecule has 1 aromatic carbocycles.